The fourth-order valence-electron chi connectivity index (χ4n) is 3.51. The summed E-state index contributed by atoms with van der Waals surface area (Å²) >= 11 is 1.43. The maximum Gasteiger partial charge on any atom is 0.328 e. The molecule has 0 aliphatic rings. The average Bonchev–Trinajstić information content (AvgIpc) is 2.99. The minimum Gasteiger partial charge on any atom is -0.494 e. The van der Waals surface area contributed by atoms with Gasteiger partial charge in [-0.3, -0.25) is 13.9 Å². The summed E-state index contributed by atoms with van der Waals surface area (Å²) in [6.45, 7) is 4.38. The zero-order chi connectivity index (χ0) is 23.8. The van der Waals surface area contributed by atoms with Crippen LogP contribution in [0.3, 0.4) is 0 Å². The lowest BCUT2D eigenvalue weighted by atomic mass is 10.2. The van der Waals surface area contributed by atoms with Crippen LogP contribution in [-0.2, 0) is 24.1 Å². The molecular weight excluding hydrogens is 458 g/mol. The van der Waals surface area contributed by atoms with Crippen LogP contribution in [0, 0.1) is 6.92 Å². The number of fused-ring (bicyclic) bond motifs is 1. The summed E-state index contributed by atoms with van der Waals surface area (Å²) in [4.78, 5) is 14.2. The highest BCUT2D eigenvalue weighted by molar-refractivity contribution is 7.99. The van der Waals surface area contributed by atoms with Crippen molar-refractivity contribution >= 4 is 38.5 Å². The van der Waals surface area contributed by atoms with Gasteiger partial charge >= 0.3 is 5.69 Å². The average molecular weight is 484 g/mol. The van der Waals surface area contributed by atoms with Crippen molar-refractivity contribution in [1.82, 2.24) is 9.13 Å². The van der Waals surface area contributed by atoms with Crippen LogP contribution in [0.4, 0.5) is 5.69 Å². The lowest BCUT2D eigenvalue weighted by molar-refractivity contribution is 0.340. The molecule has 1 N–H and O–H groups in total. The highest BCUT2D eigenvalue weighted by Crippen LogP contribution is 2.37. The van der Waals surface area contributed by atoms with Crippen molar-refractivity contribution in [3.8, 4) is 5.75 Å². The van der Waals surface area contributed by atoms with Gasteiger partial charge in [-0.1, -0.05) is 29.5 Å². The maximum atomic E-state index is 13.2. The summed E-state index contributed by atoms with van der Waals surface area (Å²) in [5.74, 6) is 0.604. The molecule has 0 saturated carbocycles. The van der Waals surface area contributed by atoms with E-state index in [0.29, 0.717) is 28.5 Å². The van der Waals surface area contributed by atoms with E-state index in [0.717, 1.165) is 16.0 Å². The van der Waals surface area contributed by atoms with Crippen molar-refractivity contribution in [3.05, 3.63) is 76.7 Å². The summed E-state index contributed by atoms with van der Waals surface area (Å²) in [5, 5.41) is 0. The number of rotatable bonds is 7. The predicted octanol–water partition coefficient (Wildman–Crippen LogP) is 4.54. The molecule has 3 aromatic carbocycles. The highest BCUT2D eigenvalue weighted by Gasteiger charge is 2.20. The van der Waals surface area contributed by atoms with Crippen LogP contribution in [0.2, 0.25) is 0 Å². The Morgan fingerprint density at radius 1 is 0.939 bits per heavy atom. The number of imidazole rings is 1. The Morgan fingerprint density at radius 3 is 2.15 bits per heavy atom. The Kier molecular flexibility index (Phi) is 6.27. The summed E-state index contributed by atoms with van der Waals surface area (Å²) < 4.78 is 37.5. The Hall–Kier alpha value is -3.17. The zero-order valence-corrected chi connectivity index (χ0v) is 20.5. The zero-order valence-electron chi connectivity index (χ0n) is 18.8. The second-order valence-electron chi connectivity index (χ2n) is 7.66. The number of nitrogens with zero attached hydrogens (tertiary/aromatic N) is 2. The van der Waals surface area contributed by atoms with Crippen molar-refractivity contribution in [1.29, 1.82) is 0 Å². The van der Waals surface area contributed by atoms with Gasteiger partial charge in [0, 0.05) is 23.9 Å². The van der Waals surface area contributed by atoms with Crippen LogP contribution >= 0.6 is 11.8 Å². The number of aryl methyl sites for hydroxylation is 3. The van der Waals surface area contributed by atoms with Gasteiger partial charge in [0.2, 0.25) is 0 Å². The molecule has 0 bridgehead atoms. The third kappa shape index (κ3) is 4.65. The van der Waals surface area contributed by atoms with Crippen molar-refractivity contribution in [2.75, 3.05) is 11.3 Å². The van der Waals surface area contributed by atoms with Crippen LogP contribution < -0.4 is 15.1 Å². The summed E-state index contributed by atoms with van der Waals surface area (Å²) in [6, 6.07) is 17.8. The summed E-state index contributed by atoms with van der Waals surface area (Å²) in [6.07, 6.45) is 0. The van der Waals surface area contributed by atoms with E-state index in [1.165, 1.54) is 28.5 Å². The van der Waals surface area contributed by atoms with Crippen molar-refractivity contribution < 1.29 is 13.2 Å². The van der Waals surface area contributed by atoms with Crippen molar-refractivity contribution in [3.63, 3.8) is 0 Å². The summed E-state index contributed by atoms with van der Waals surface area (Å²) in [5.41, 5.74) is 2.73. The quantitative estimate of drug-likeness (QED) is 0.417. The van der Waals surface area contributed by atoms with Crippen LogP contribution in [-0.4, -0.2) is 24.2 Å². The third-order valence-electron chi connectivity index (χ3n) is 5.31. The first kappa shape index (κ1) is 23.0. The molecule has 0 spiro atoms. The normalized spacial score (nSPS) is 11.6. The van der Waals surface area contributed by atoms with Gasteiger partial charge in [0.15, 0.2) is 0 Å². The number of nitrogens with one attached hydrogen (secondary N) is 1. The highest BCUT2D eigenvalue weighted by atomic mass is 32.2. The number of aromatic nitrogens is 2. The largest absolute Gasteiger partial charge is 0.494 e. The molecule has 0 atom stereocenters. The third-order valence-corrected chi connectivity index (χ3v) is 7.76. The lowest BCUT2D eigenvalue weighted by Gasteiger charge is -2.14. The van der Waals surface area contributed by atoms with Gasteiger partial charge in [0.05, 0.1) is 28.2 Å². The minimum atomic E-state index is -3.86. The van der Waals surface area contributed by atoms with Crippen molar-refractivity contribution in [2.45, 2.75) is 28.5 Å². The fraction of sp³-hybridized carbons (Fsp3) is 0.208. The molecule has 172 valence electrons. The molecule has 0 unspecified atom stereocenters. The van der Waals surface area contributed by atoms with Gasteiger partial charge in [-0.15, -0.1) is 0 Å². The van der Waals surface area contributed by atoms with E-state index in [1.807, 2.05) is 44.2 Å². The second kappa shape index (κ2) is 8.99. The molecule has 0 aliphatic heterocycles. The van der Waals surface area contributed by atoms with E-state index in [9.17, 15) is 13.2 Å². The van der Waals surface area contributed by atoms with E-state index in [2.05, 4.69) is 4.72 Å². The molecule has 33 heavy (non-hydrogen) atoms. The molecule has 1 aromatic heterocycles. The standard InChI is InChI=1S/C24H25N3O4S2/c1-5-31-17-8-12-19(13-9-17)33(29,30)25-20-14-21-22(27(4)24(28)26(21)3)15-23(20)32-18-10-6-16(2)7-11-18/h6-15,25H,5H2,1-4H3. The summed E-state index contributed by atoms with van der Waals surface area (Å²) in [7, 11) is -0.492. The number of benzene rings is 3. The number of anilines is 1. The van der Waals surface area contributed by atoms with Gasteiger partial charge in [0.1, 0.15) is 5.75 Å². The SMILES string of the molecule is CCOc1ccc(S(=O)(=O)Nc2cc3c(cc2Sc2ccc(C)cc2)n(C)c(=O)n3C)cc1. The van der Waals surface area contributed by atoms with Crippen molar-refractivity contribution in [2.24, 2.45) is 14.1 Å². The van der Waals surface area contributed by atoms with E-state index in [-0.39, 0.29) is 10.6 Å². The Labute approximate surface area is 197 Å². The Balaban J connectivity index is 1.79. The van der Waals surface area contributed by atoms with Crippen LogP contribution in [0.15, 0.2) is 80.1 Å². The minimum absolute atomic E-state index is 0.124. The van der Waals surface area contributed by atoms with Gasteiger partial charge < -0.3 is 4.74 Å². The van der Waals surface area contributed by atoms with Crippen LogP contribution in [0.25, 0.3) is 11.0 Å². The monoisotopic (exact) mass is 483 g/mol. The number of hydrogen-bond donors (Lipinski definition) is 1. The number of ether oxygens (including phenoxy) is 1. The molecule has 0 saturated heterocycles. The molecule has 0 fully saturated rings. The molecule has 0 aliphatic carbocycles. The van der Waals surface area contributed by atoms with Crippen LogP contribution in [0.5, 0.6) is 5.75 Å². The predicted molar refractivity (Wildman–Crippen MR) is 132 cm³/mol. The first-order chi connectivity index (χ1) is 15.7. The fourth-order valence-corrected chi connectivity index (χ4v) is 5.56. The second-order valence-corrected chi connectivity index (χ2v) is 10.5. The molecular formula is C24H25N3O4S2. The van der Waals surface area contributed by atoms with Crippen LogP contribution in [0.1, 0.15) is 12.5 Å². The molecule has 4 aromatic rings. The topological polar surface area (TPSA) is 82.3 Å². The van der Waals surface area contributed by atoms with Gasteiger partial charge in [-0.05, 0) is 62.4 Å². The molecule has 0 radical (unpaired) electrons. The maximum absolute atomic E-state index is 13.2. The molecule has 9 heteroatoms. The molecule has 7 nitrogen and oxygen atoms in total. The first-order valence-corrected chi connectivity index (χ1v) is 12.7. The van der Waals surface area contributed by atoms with E-state index in [1.54, 1.807) is 36.9 Å². The number of sulfonamides is 1. The first-order valence-electron chi connectivity index (χ1n) is 10.4. The van der Waals surface area contributed by atoms with Gasteiger partial charge in [-0.2, -0.15) is 0 Å². The number of hydrogen-bond acceptors (Lipinski definition) is 5. The Bertz CT molecular complexity index is 1470. The van der Waals surface area contributed by atoms with E-state index >= 15 is 0 Å². The van der Waals surface area contributed by atoms with E-state index in [4.69, 9.17) is 4.74 Å². The van der Waals surface area contributed by atoms with Gasteiger partial charge in [0.25, 0.3) is 10.0 Å². The molecule has 4 rings (SSSR count). The smallest absolute Gasteiger partial charge is 0.328 e. The van der Waals surface area contributed by atoms with Gasteiger partial charge in [-0.25, -0.2) is 13.2 Å². The van der Waals surface area contributed by atoms with E-state index < -0.39 is 10.0 Å². The Morgan fingerprint density at radius 2 is 1.55 bits per heavy atom. The molecule has 0 amide bonds. The molecule has 1 heterocycles. The lowest BCUT2D eigenvalue weighted by Crippen LogP contribution is -2.19.